The molecule has 2 nitrogen and oxygen atoms in total. The van der Waals surface area contributed by atoms with Gasteiger partial charge in [0.25, 0.3) is 0 Å². The Balaban J connectivity index is 2.35. The molecule has 1 aliphatic rings. The molecule has 11 heavy (non-hydrogen) atoms. The van der Waals surface area contributed by atoms with Gasteiger partial charge in [0.1, 0.15) is 0 Å². The van der Waals surface area contributed by atoms with Crippen LogP contribution >= 0.6 is 0 Å². The van der Waals surface area contributed by atoms with Gasteiger partial charge >= 0.3 is 5.97 Å². The predicted octanol–water partition coefficient (Wildman–Crippen LogP) is 2.13. The summed E-state index contributed by atoms with van der Waals surface area (Å²) >= 11 is 0. The first-order valence-corrected chi connectivity index (χ1v) is 4.47. The van der Waals surface area contributed by atoms with Crippen molar-refractivity contribution in [1.82, 2.24) is 0 Å². The zero-order valence-corrected chi connectivity index (χ0v) is 7.14. The molecular weight excluding hydrogens is 140 g/mol. The molecule has 2 heteroatoms. The molecule has 64 valence electrons. The van der Waals surface area contributed by atoms with Gasteiger partial charge in [0.05, 0.1) is 12.5 Å². The minimum absolute atomic E-state index is 0.00750. The maximum Gasteiger partial charge on any atom is 0.308 e. The van der Waals surface area contributed by atoms with E-state index in [-0.39, 0.29) is 11.9 Å². The van der Waals surface area contributed by atoms with Crippen LogP contribution in [0.3, 0.4) is 0 Å². The largest absolute Gasteiger partial charge is 0.465 e. The number of ether oxygens (including phenoxy) is 1. The zero-order chi connectivity index (χ0) is 8.10. The summed E-state index contributed by atoms with van der Waals surface area (Å²) in [4.78, 5) is 11.1. The third kappa shape index (κ3) is 2.91. The van der Waals surface area contributed by atoms with Crippen LogP contribution in [0.25, 0.3) is 0 Å². The summed E-state index contributed by atoms with van der Waals surface area (Å²) in [5.41, 5.74) is 0. The zero-order valence-electron chi connectivity index (χ0n) is 7.14. The molecular formula is C9H16O2. The van der Waals surface area contributed by atoms with E-state index in [4.69, 9.17) is 4.74 Å². The van der Waals surface area contributed by atoms with E-state index in [0.29, 0.717) is 6.61 Å². The standard InChI is InChI=1S/C9H16O2/c1-8-6-4-2-3-5-7-11-9(8)10/h8H,2-7H2,1H3. The van der Waals surface area contributed by atoms with Crippen molar-refractivity contribution in [2.75, 3.05) is 6.61 Å². The quantitative estimate of drug-likeness (QED) is 0.502. The number of cyclic esters (lactones) is 1. The number of carbonyl (C=O) groups is 1. The van der Waals surface area contributed by atoms with Gasteiger partial charge in [-0.25, -0.2) is 0 Å². The second kappa shape index (κ2) is 4.37. The van der Waals surface area contributed by atoms with E-state index in [0.717, 1.165) is 12.8 Å². The topological polar surface area (TPSA) is 26.3 Å². The summed E-state index contributed by atoms with van der Waals surface area (Å²) in [7, 11) is 0. The van der Waals surface area contributed by atoms with Gasteiger partial charge in [0.2, 0.25) is 0 Å². The fourth-order valence-electron chi connectivity index (χ4n) is 1.34. The van der Waals surface area contributed by atoms with Crippen molar-refractivity contribution in [3.63, 3.8) is 0 Å². The molecule has 0 amide bonds. The first-order chi connectivity index (χ1) is 5.30. The molecule has 0 aromatic heterocycles. The Hall–Kier alpha value is -0.530. The number of carbonyl (C=O) groups excluding carboxylic acids is 1. The molecule has 0 bridgehead atoms. The number of esters is 1. The van der Waals surface area contributed by atoms with Gasteiger partial charge < -0.3 is 4.74 Å². The minimum atomic E-state index is -0.00750. The fourth-order valence-corrected chi connectivity index (χ4v) is 1.34. The normalized spacial score (nSPS) is 28.1. The Morgan fingerprint density at radius 2 is 2.00 bits per heavy atom. The molecule has 1 heterocycles. The third-order valence-corrected chi connectivity index (χ3v) is 2.18. The van der Waals surface area contributed by atoms with Crippen molar-refractivity contribution in [2.24, 2.45) is 5.92 Å². The third-order valence-electron chi connectivity index (χ3n) is 2.18. The lowest BCUT2D eigenvalue weighted by Gasteiger charge is -2.07. The van der Waals surface area contributed by atoms with E-state index in [9.17, 15) is 4.79 Å². The molecule has 0 saturated carbocycles. The Kier molecular flexibility index (Phi) is 3.40. The van der Waals surface area contributed by atoms with Crippen LogP contribution in [0.15, 0.2) is 0 Å². The molecule has 1 fully saturated rings. The second-order valence-electron chi connectivity index (χ2n) is 3.27. The van der Waals surface area contributed by atoms with Crippen molar-refractivity contribution in [3.05, 3.63) is 0 Å². The van der Waals surface area contributed by atoms with Gasteiger partial charge in [-0.05, 0) is 12.8 Å². The minimum Gasteiger partial charge on any atom is -0.465 e. The second-order valence-corrected chi connectivity index (χ2v) is 3.27. The van der Waals surface area contributed by atoms with Crippen LogP contribution in [0.4, 0.5) is 0 Å². The average molecular weight is 156 g/mol. The van der Waals surface area contributed by atoms with Crippen LogP contribution in [-0.2, 0) is 9.53 Å². The molecule has 0 aromatic rings. The van der Waals surface area contributed by atoms with Gasteiger partial charge in [0, 0.05) is 0 Å². The number of hydrogen-bond acceptors (Lipinski definition) is 2. The van der Waals surface area contributed by atoms with Crippen molar-refractivity contribution in [1.29, 1.82) is 0 Å². The highest BCUT2D eigenvalue weighted by molar-refractivity contribution is 5.71. The van der Waals surface area contributed by atoms with Gasteiger partial charge in [-0.15, -0.1) is 0 Å². The summed E-state index contributed by atoms with van der Waals surface area (Å²) in [5.74, 6) is 0.111. The van der Waals surface area contributed by atoms with E-state index in [1.54, 1.807) is 0 Å². The predicted molar refractivity (Wildman–Crippen MR) is 43.2 cm³/mol. The summed E-state index contributed by atoms with van der Waals surface area (Å²) in [6, 6.07) is 0. The summed E-state index contributed by atoms with van der Waals surface area (Å²) in [6.45, 7) is 2.58. The Morgan fingerprint density at radius 3 is 2.82 bits per heavy atom. The van der Waals surface area contributed by atoms with Crippen LogP contribution in [0, 0.1) is 5.92 Å². The van der Waals surface area contributed by atoms with Gasteiger partial charge in [-0.3, -0.25) is 4.79 Å². The molecule has 0 aromatic carbocycles. The molecule has 1 unspecified atom stereocenters. The summed E-state index contributed by atoms with van der Waals surface area (Å²) < 4.78 is 5.04. The maximum absolute atomic E-state index is 11.1. The molecule has 0 N–H and O–H groups in total. The van der Waals surface area contributed by atoms with Crippen molar-refractivity contribution < 1.29 is 9.53 Å². The first kappa shape index (κ1) is 8.57. The first-order valence-electron chi connectivity index (χ1n) is 4.47. The Bertz CT molecular complexity index is 132. The van der Waals surface area contributed by atoms with E-state index in [1.165, 1.54) is 19.3 Å². The van der Waals surface area contributed by atoms with E-state index in [1.807, 2.05) is 6.92 Å². The van der Waals surface area contributed by atoms with Gasteiger partial charge in [-0.1, -0.05) is 26.2 Å². The molecule has 0 spiro atoms. The van der Waals surface area contributed by atoms with E-state index >= 15 is 0 Å². The van der Waals surface area contributed by atoms with Gasteiger partial charge in [-0.2, -0.15) is 0 Å². The van der Waals surface area contributed by atoms with Crippen LogP contribution in [0.5, 0.6) is 0 Å². The van der Waals surface area contributed by atoms with Crippen molar-refractivity contribution in [3.8, 4) is 0 Å². The van der Waals surface area contributed by atoms with E-state index < -0.39 is 0 Å². The molecule has 1 rings (SSSR count). The molecule has 0 radical (unpaired) electrons. The Labute approximate surface area is 67.9 Å². The highest BCUT2D eigenvalue weighted by atomic mass is 16.5. The van der Waals surface area contributed by atoms with Crippen LogP contribution in [0.1, 0.15) is 39.0 Å². The Morgan fingerprint density at radius 1 is 1.27 bits per heavy atom. The summed E-state index contributed by atoms with van der Waals surface area (Å²) in [5, 5.41) is 0. The lowest BCUT2D eigenvalue weighted by molar-refractivity contribution is -0.148. The average Bonchev–Trinajstić information content (AvgIpc) is 2.07. The number of hydrogen-bond donors (Lipinski definition) is 0. The highest BCUT2D eigenvalue weighted by Crippen LogP contribution is 2.14. The van der Waals surface area contributed by atoms with Crippen LogP contribution < -0.4 is 0 Å². The van der Waals surface area contributed by atoms with Crippen molar-refractivity contribution in [2.45, 2.75) is 39.0 Å². The molecule has 1 aliphatic heterocycles. The van der Waals surface area contributed by atoms with Crippen molar-refractivity contribution >= 4 is 5.97 Å². The highest BCUT2D eigenvalue weighted by Gasteiger charge is 2.14. The maximum atomic E-state index is 11.1. The lowest BCUT2D eigenvalue weighted by atomic mass is 10.0. The SMILES string of the molecule is CC1CCCCCCOC1=O. The van der Waals surface area contributed by atoms with Crippen LogP contribution in [0.2, 0.25) is 0 Å². The molecule has 1 saturated heterocycles. The lowest BCUT2D eigenvalue weighted by Crippen LogP contribution is -2.14. The van der Waals surface area contributed by atoms with Crippen LogP contribution in [-0.4, -0.2) is 12.6 Å². The smallest absolute Gasteiger partial charge is 0.308 e. The number of rotatable bonds is 0. The van der Waals surface area contributed by atoms with E-state index in [2.05, 4.69) is 0 Å². The van der Waals surface area contributed by atoms with Gasteiger partial charge in [0.15, 0.2) is 0 Å². The fraction of sp³-hybridized carbons (Fsp3) is 0.889. The molecule has 1 atom stereocenters. The monoisotopic (exact) mass is 156 g/mol. The molecule has 0 aliphatic carbocycles. The summed E-state index contributed by atoms with van der Waals surface area (Å²) in [6.07, 6.45) is 5.68.